The van der Waals surface area contributed by atoms with E-state index in [1.165, 1.54) is 11.1 Å². The average Bonchev–Trinajstić information content (AvgIpc) is 2.99. The highest BCUT2D eigenvalue weighted by atomic mass is 16.5. The van der Waals surface area contributed by atoms with Gasteiger partial charge in [-0.15, -0.1) is 0 Å². The largest absolute Gasteiger partial charge is 0.497 e. The molecule has 0 saturated carbocycles. The SMILES string of the molecule is COc1ccc([C@@H](CN)c2c[nH]c3ccc(OC)cc23)cc1. The Morgan fingerprint density at radius 1 is 1.00 bits per heavy atom. The maximum Gasteiger partial charge on any atom is 0.119 e. The number of benzene rings is 2. The Labute approximate surface area is 129 Å². The fraction of sp³-hybridized carbons (Fsp3) is 0.222. The Balaban J connectivity index is 2.05. The van der Waals surface area contributed by atoms with Crippen LogP contribution < -0.4 is 15.2 Å². The van der Waals surface area contributed by atoms with Crippen LogP contribution in [-0.4, -0.2) is 25.7 Å². The molecule has 0 spiro atoms. The van der Waals surface area contributed by atoms with Crippen LogP contribution in [0.3, 0.4) is 0 Å². The van der Waals surface area contributed by atoms with Gasteiger partial charge in [0.2, 0.25) is 0 Å². The van der Waals surface area contributed by atoms with E-state index in [0.29, 0.717) is 6.54 Å². The van der Waals surface area contributed by atoms with Gasteiger partial charge < -0.3 is 20.2 Å². The van der Waals surface area contributed by atoms with Crippen molar-refractivity contribution in [1.29, 1.82) is 0 Å². The molecule has 1 heterocycles. The Hall–Kier alpha value is -2.46. The number of aromatic nitrogens is 1. The van der Waals surface area contributed by atoms with Crippen LogP contribution in [0.2, 0.25) is 0 Å². The van der Waals surface area contributed by atoms with E-state index in [1.54, 1.807) is 14.2 Å². The van der Waals surface area contributed by atoms with Crippen LogP contribution in [0.25, 0.3) is 10.9 Å². The van der Waals surface area contributed by atoms with Crippen LogP contribution in [0.5, 0.6) is 11.5 Å². The summed E-state index contributed by atoms with van der Waals surface area (Å²) >= 11 is 0. The molecule has 3 aromatic rings. The van der Waals surface area contributed by atoms with Crippen LogP contribution in [0.4, 0.5) is 0 Å². The third-order valence-electron chi connectivity index (χ3n) is 4.05. The smallest absolute Gasteiger partial charge is 0.119 e. The monoisotopic (exact) mass is 296 g/mol. The first-order valence-corrected chi connectivity index (χ1v) is 7.26. The van der Waals surface area contributed by atoms with Gasteiger partial charge >= 0.3 is 0 Å². The minimum atomic E-state index is 0.131. The molecule has 0 bridgehead atoms. The lowest BCUT2D eigenvalue weighted by Gasteiger charge is -2.15. The maximum absolute atomic E-state index is 6.05. The lowest BCUT2D eigenvalue weighted by Crippen LogP contribution is -2.13. The van der Waals surface area contributed by atoms with Crippen LogP contribution in [0.15, 0.2) is 48.7 Å². The second-order valence-corrected chi connectivity index (χ2v) is 5.22. The Morgan fingerprint density at radius 3 is 2.32 bits per heavy atom. The van der Waals surface area contributed by atoms with Gasteiger partial charge in [0.25, 0.3) is 0 Å². The quantitative estimate of drug-likeness (QED) is 0.759. The lowest BCUT2D eigenvalue weighted by atomic mass is 9.91. The topological polar surface area (TPSA) is 60.3 Å². The number of hydrogen-bond donors (Lipinski definition) is 2. The van der Waals surface area contributed by atoms with Gasteiger partial charge in [0.05, 0.1) is 14.2 Å². The number of methoxy groups -OCH3 is 2. The Morgan fingerprint density at radius 2 is 1.68 bits per heavy atom. The summed E-state index contributed by atoms with van der Waals surface area (Å²) in [7, 11) is 3.35. The molecule has 0 amide bonds. The number of nitrogens with one attached hydrogen (secondary N) is 1. The zero-order valence-corrected chi connectivity index (χ0v) is 12.8. The van der Waals surface area contributed by atoms with E-state index in [9.17, 15) is 0 Å². The summed E-state index contributed by atoms with van der Waals surface area (Å²) in [5, 5.41) is 1.14. The van der Waals surface area contributed by atoms with Gasteiger partial charge in [-0.1, -0.05) is 12.1 Å². The van der Waals surface area contributed by atoms with Crippen molar-refractivity contribution in [1.82, 2.24) is 4.98 Å². The Bertz CT molecular complexity index is 762. The van der Waals surface area contributed by atoms with E-state index < -0.39 is 0 Å². The number of ether oxygens (including phenoxy) is 2. The lowest BCUT2D eigenvalue weighted by molar-refractivity contribution is 0.414. The molecule has 0 radical (unpaired) electrons. The minimum Gasteiger partial charge on any atom is -0.497 e. The minimum absolute atomic E-state index is 0.131. The zero-order chi connectivity index (χ0) is 15.5. The molecular formula is C18H20N2O2. The maximum atomic E-state index is 6.05. The summed E-state index contributed by atoms with van der Waals surface area (Å²) < 4.78 is 10.6. The number of rotatable bonds is 5. The molecule has 4 nitrogen and oxygen atoms in total. The fourth-order valence-electron chi connectivity index (χ4n) is 2.82. The molecule has 0 aliphatic heterocycles. The van der Waals surface area contributed by atoms with E-state index in [1.807, 2.05) is 36.5 Å². The van der Waals surface area contributed by atoms with Gasteiger partial charge in [0, 0.05) is 29.6 Å². The highest BCUT2D eigenvalue weighted by Gasteiger charge is 2.17. The van der Waals surface area contributed by atoms with E-state index in [0.717, 1.165) is 22.4 Å². The van der Waals surface area contributed by atoms with Gasteiger partial charge in [-0.25, -0.2) is 0 Å². The second kappa shape index (κ2) is 6.12. The number of fused-ring (bicyclic) bond motifs is 1. The first-order valence-electron chi connectivity index (χ1n) is 7.26. The van der Waals surface area contributed by atoms with E-state index >= 15 is 0 Å². The van der Waals surface area contributed by atoms with Gasteiger partial charge in [-0.2, -0.15) is 0 Å². The first-order chi connectivity index (χ1) is 10.8. The van der Waals surface area contributed by atoms with Crippen molar-refractivity contribution in [3.63, 3.8) is 0 Å². The van der Waals surface area contributed by atoms with Crippen molar-refractivity contribution < 1.29 is 9.47 Å². The highest BCUT2D eigenvalue weighted by Crippen LogP contribution is 2.32. The van der Waals surface area contributed by atoms with E-state index in [2.05, 4.69) is 17.1 Å². The standard InChI is InChI=1S/C18H20N2O2/c1-21-13-5-3-12(4-6-13)16(10-19)17-11-20-18-8-7-14(22-2)9-15(17)18/h3-9,11,16,20H,10,19H2,1-2H3/t16-/m1/s1. The van der Waals surface area contributed by atoms with Crippen molar-refractivity contribution in [2.75, 3.05) is 20.8 Å². The van der Waals surface area contributed by atoms with Gasteiger partial charge in [-0.3, -0.25) is 0 Å². The predicted octanol–water partition coefficient (Wildman–Crippen LogP) is 3.28. The fourth-order valence-corrected chi connectivity index (χ4v) is 2.82. The molecule has 3 N–H and O–H groups in total. The summed E-state index contributed by atoms with van der Waals surface area (Å²) in [6.45, 7) is 0.538. The highest BCUT2D eigenvalue weighted by molar-refractivity contribution is 5.85. The van der Waals surface area contributed by atoms with Crippen molar-refractivity contribution in [3.05, 3.63) is 59.8 Å². The molecule has 0 unspecified atom stereocenters. The molecule has 0 fully saturated rings. The predicted molar refractivity (Wildman–Crippen MR) is 88.7 cm³/mol. The third-order valence-corrected chi connectivity index (χ3v) is 4.05. The molecule has 1 atom stereocenters. The van der Waals surface area contributed by atoms with Gasteiger partial charge in [0.15, 0.2) is 0 Å². The normalized spacial score (nSPS) is 12.3. The van der Waals surface area contributed by atoms with Crippen LogP contribution in [0.1, 0.15) is 17.0 Å². The molecular weight excluding hydrogens is 276 g/mol. The van der Waals surface area contributed by atoms with Gasteiger partial charge in [0.1, 0.15) is 11.5 Å². The molecule has 3 rings (SSSR count). The summed E-state index contributed by atoms with van der Waals surface area (Å²) in [4.78, 5) is 3.31. The second-order valence-electron chi connectivity index (χ2n) is 5.22. The first kappa shape index (κ1) is 14.5. The van der Waals surface area contributed by atoms with Crippen LogP contribution >= 0.6 is 0 Å². The van der Waals surface area contributed by atoms with Crippen LogP contribution in [-0.2, 0) is 0 Å². The van der Waals surface area contributed by atoms with Crippen molar-refractivity contribution in [2.24, 2.45) is 5.73 Å². The van der Waals surface area contributed by atoms with E-state index in [4.69, 9.17) is 15.2 Å². The van der Waals surface area contributed by atoms with E-state index in [-0.39, 0.29) is 5.92 Å². The molecule has 1 aromatic heterocycles. The van der Waals surface area contributed by atoms with Crippen molar-refractivity contribution in [3.8, 4) is 11.5 Å². The number of nitrogens with two attached hydrogens (primary N) is 1. The average molecular weight is 296 g/mol. The molecule has 22 heavy (non-hydrogen) atoms. The zero-order valence-electron chi connectivity index (χ0n) is 12.8. The summed E-state index contributed by atoms with van der Waals surface area (Å²) in [6, 6.07) is 14.1. The molecule has 114 valence electrons. The third kappa shape index (κ3) is 2.53. The summed E-state index contributed by atoms with van der Waals surface area (Å²) in [5.74, 6) is 1.82. The van der Waals surface area contributed by atoms with Crippen LogP contribution in [0, 0.1) is 0 Å². The van der Waals surface area contributed by atoms with Crippen molar-refractivity contribution >= 4 is 10.9 Å². The summed E-state index contributed by atoms with van der Waals surface area (Å²) in [5.41, 5.74) is 9.49. The molecule has 0 saturated heterocycles. The van der Waals surface area contributed by atoms with Crippen molar-refractivity contribution in [2.45, 2.75) is 5.92 Å². The molecule has 0 aliphatic carbocycles. The molecule has 0 aliphatic rings. The summed E-state index contributed by atoms with van der Waals surface area (Å²) in [6.07, 6.45) is 2.03. The number of aromatic amines is 1. The Kier molecular flexibility index (Phi) is 4.02. The molecule has 4 heteroatoms. The molecule has 2 aromatic carbocycles. The number of H-pyrrole nitrogens is 1. The number of hydrogen-bond acceptors (Lipinski definition) is 3. The van der Waals surface area contributed by atoms with Gasteiger partial charge in [-0.05, 0) is 41.5 Å².